The summed E-state index contributed by atoms with van der Waals surface area (Å²) < 4.78 is 5.14. The number of nitrogens with one attached hydrogen (secondary N) is 1. The third-order valence-electron chi connectivity index (χ3n) is 3.20. The Balaban J connectivity index is 0.00000180. The Morgan fingerprint density at radius 1 is 1.47 bits per heavy atom. The molecule has 1 N–H and O–H groups in total. The SMILES string of the molecule is COCc1ccccc1C(=O)N1CCNC(C)C1.Cl. The van der Waals surface area contributed by atoms with Crippen molar-refractivity contribution < 1.29 is 9.53 Å². The molecule has 0 spiro atoms. The molecule has 0 aliphatic carbocycles. The number of hydrogen-bond donors (Lipinski definition) is 1. The maximum Gasteiger partial charge on any atom is 0.254 e. The van der Waals surface area contributed by atoms with Gasteiger partial charge in [-0.25, -0.2) is 0 Å². The minimum absolute atomic E-state index is 0. The third-order valence-corrected chi connectivity index (χ3v) is 3.20. The molecule has 1 saturated heterocycles. The van der Waals surface area contributed by atoms with E-state index in [2.05, 4.69) is 12.2 Å². The fourth-order valence-electron chi connectivity index (χ4n) is 2.30. The minimum atomic E-state index is 0. The number of methoxy groups -OCH3 is 1. The highest BCUT2D eigenvalue weighted by Crippen LogP contribution is 2.14. The van der Waals surface area contributed by atoms with Crippen LogP contribution in [-0.2, 0) is 11.3 Å². The fourth-order valence-corrected chi connectivity index (χ4v) is 2.30. The first-order valence-electron chi connectivity index (χ1n) is 6.32. The monoisotopic (exact) mass is 284 g/mol. The van der Waals surface area contributed by atoms with Crippen molar-refractivity contribution in [1.29, 1.82) is 0 Å². The fraction of sp³-hybridized carbons (Fsp3) is 0.500. The number of amides is 1. The van der Waals surface area contributed by atoms with Crippen LogP contribution in [0, 0.1) is 0 Å². The van der Waals surface area contributed by atoms with Crippen molar-refractivity contribution in [3.05, 3.63) is 35.4 Å². The molecule has 1 heterocycles. The van der Waals surface area contributed by atoms with Gasteiger partial charge in [0, 0.05) is 38.3 Å². The van der Waals surface area contributed by atoms with Gasteiger partial charge in [0.2, 0.25) is 0 Å². The van der Waals surface area contributed by atoms with E-state index < -0.39 is 0 Å². The van der Waals surface area contributed by atoms with E-state index in [-0.39, 0.29) is 18.3 Å². The molecule has 1 aromatic rings. The van der Waals surface area contributed by atoms with E-state index >= 15 is 0 Å². The molecule has 1 aliphatic rings. The van der Waals surface area contributed by atoms with E-state index in [4.69, 9.17) is 4.74 Å². The van der Waals surface area contributed by atoms with Gasteiger partial charge in [-0.15, -0.1) is 12.4 Å². The number of hydrogen-bond acceptors (Lipinski definition) is 3. The van der Waals surface area contributed by atoms with Crippen LogP contribution in [-0.4, -0.2) is 43.6 Å². The van der Waals surface area contributed by atoms with E-state index in [1.807, 2.05) is 29.2 Å². The predicted molar refractivity (Wildman–Crippen MR) is 77.8 cm³/mol. The molecule has 1 atom stereocenters. The number of ether oxygens (including phenoxy) is 1. The second-order valence-electron chi connectivity index (χ2n) is 4.70. The van der Waals surface area contributed by atoms with Gasteiger partial charge in [0.15, 0.2) is 0 Å². The van der Waals surface area contributed by atoms with Crippen molar-refractivity contribution in [1.82, 2.24) is 10.2 Å². The summed E-state index contributed by atoms with van der Waals surface area (Å²) in [6, 6.07) is 8.02. The van der Waals surface area contributed by atoms with Gasteiger partial charge in [0.25, 0.3) is 5.91 Å². The molecule has 106 valence electrons. The largest absolute Gasteiger partial charge is 0.380 e. The molecule has 5 heteroatoms. The van der Waals surface area contributed by atoms with Crippen LogP contribution in [0.15, 0.2) is 24.3 Å². The molecule has 2 rings (SSSR count). The molecule has 19 heavy (non-hydrogen) atoms. The van der Waals surface area contributed by atoms with E-state index in [1.165, 1.54) is 0 Å². The second kappa shape index (κ2) is 7.48. The molecular weight excluding hydrogens is 264 g/mol. The Bertz CT molecular complexity index is 426. The number of carbonyl (C=O) groups is 1. The highest BCUT2D eigenvalue weighted by Gasteiger charge is 2.22. The van der Waals surface area contributed by atoms with Gasteiger partial charge in [0.1, 0.15) is 0 Å². The highest BCUT2D eigenvalue weighted by atomic mass is 35.5. The zero-order valence-corrected chi connectivity index (χ0v) is 12.2. The third kappa shape index (κ3) is 3.93. The number of carbonyl (C=O) groups excluding carboxylic acids is 1. The number of benzene rings is 1. The smallest absolute Gasteiger partial charge is 0.254 e. The van der Waals surface area contributed by atoms with Crippen LogP contribution in [0.1, 0.15) is 22.8 Å². The summed E-state index contributed by atoms with van der Waals surface area (Å²) in [4.78, 5) is 14.4. The van der Waals surface area contributed by atoms with Gasteiger partial charge in [-0.1, -0.05) is 18.2 Å². The quantitative estimate of drug-likeness (QED) is 0.918. The van der Waals surface area contributed by atoms with Crippen molar-refractivity contribution in [3.8, 4) is 0 Å². The maximum absolute atomic E-state index is 12.5. The topological polar surface area (TPSA) is 41.6 Å². The molecule has 1 aliphatic heterocycles. The molecule has 1 amide bonds. The summed E-state index contributed by atoms with van der Waals surface area (Å²) in [6.45, 7) is 4.97. The zero-order valence-electron chi connectivity index (χ0n) is 11.4. The number of rotatable bonds is 3. The summed E-state index contributed by atoms with van der Waals surface area (Å²) >= 11 is 0. The summed E-state index contributed by atoms with van der Waals surface area (Å²) in [5, 5.41) is 3.34. The van der Waals surface area contributed by atoms with Crippen molar-refractivity contribution in [2.45, 2.75) is 19.6 Å². The first-order chi connectivity index (χ1) is 8.72. The van der Waals surface area contributed by atoms with Gasteiger partial charge in [-0.2, -0.15) is 0 Å². The minimum Gasteiger partial charge on any atom is -0.380 e. The van der Waals surface area contributed by atoms with Crippen LogP contribution in [0.2, 0.25) is 0 Å². The predicted octanol–water partition coefficient (Wildman–Crippen LogP) is 1.69. The number of piperazine rings is 1. The van der Waals surface area contributed by atoms with Crippen LogP contribution in [0.3, 0.4) is 0 Å². The summed E-state index contributed by atoms with van der Waals surface area (Å²) in [7, 11) is 1.65. The Morgan fingerprint density at radius 3 is 2.89 bits per heavy atom. The molecule has 1 aromatic carbocycles. The maximum atomic E-state index is 12.5. The van der Waals surface area contributed by atoms with E-state index in [0.29, 0.717) is 12.6 Å². The highest BCUT2D eigenvalue weighted by molar-refractivity contribution is 5.95. The van der Waals surface area contributed by atoms with Gasteiger partial charge in [-0.05, 0) is 18.6 Å². The number of halogens is 1. The van der Waals surface area contributed by atoms with Crippen LogP contribution >= 0.6 is 12.4 Å². The van der Waals surface area contributed by atoms with Crippen molar-refractivity contribution in [2.24, 2.45) is 0 Å². The molecule has 4 nitrogen and oxygen atoms in total. The molecule has 0 bridgehead atoms. The Hall–Kier alpha value is -1.10. The standard InChI is InChI=1S/C14H20N2O2.ClH/c1-11-9-16(8-7-15-11)14(17)13-6-4-3-5-12(13)10-18-2;/h3-6,11,15H,7-10H2,1-2H3;1H. The lowest BCUT2D eigenvalue weighted by Gasteiger charge is -2.32. The number of nitrogens with zero attached hydrogens (tertiary/aromatic N) is 1. The van der Waals surface area contributed by atoms with Gasteiger partial charge < -0.3 is 15.0 Å². The summed E-state index contributed by atoms with van der Waals surface area (Å²) in [6.07, 6.45) is 0. The lowest BCUT2D eigenvalue weighted by Crippen LogP contribution is -2.51. The first-order valence-corrected chi connectivity index (χ1v) is 6.32. The van der Waals surface area contributed by atoms with Gasteiger partial charge >= 0.3 is 0 Å². The summed E-state index contributed by atoms with van der Waals surface area (Å²) in [5.41, 5.74) is 1.71. The molecule has 1 fully saturated rings. The molecule has 0 aromatic heterocycles. The van der Waals surface area contributed by atoms with E-state index in [0.717, 1.165) is 30.8 Å². The first kappa shape index (κ1) is 16.0. The average molecular weight is 285 g/mol. The van der Waals surface area contributed by atoms with Crippen LogP contribution in [0.5, 0.6) is 0 Å². The molecule has 0 saturated carbocycles. The van der Waals surface area contributed by atoms with Gasteiger partial charge in [0.05, 0.1) is 6.61 Å². The normalized spacial score (nSPS) is 18.8. The second-order valence-corrected chi connectivity index (χ2v) is 4.70. The van der Waals surface area contributed by atoms with Crippen LogP contribution in [0.25, 0.3) is 0 Å². The van der Waals surface area contributed by atoms with Crippen LogP contribution in [0.4, 0.5) is 0 Å². The van der Waals surface area contributed by atoms with Crippen molar-refractivity contribution in [2.75, 3.05) is 26.7 Å². The average Bonchev–Trinajstić information content (AvgIpc) is 2.39. The molecule has 1 unspecified atom stereocenters. The summed E-state index contributed by atoms with van der Waals surface area (Å²) in [5.74, 6) is 0.107. The van der Waals surface area contributed by atoms with E-state index in [9.17, 15) is 4.79 Å². The Labute approximate surface area is 120 Å². The molecule has 0 radical (unpaired) electrons. The van der Waals surface area contributed by atoms with Crippen molar-refractivity contribution >= 4 is 18.3 Å². The van der Waals surface area contributed by atoms with Crippen LogP contribution < -0.4 is 5.32 Å². The van der Waals surface area contributed by atoms with E-state index in [1.54, 1.807) is 7.11 Å². The Kier molecular flexibility index (Phi) is 6.28. The zero-order chi connectivity index (χ0) is 13.0. The van der Waals surface area contributed by atoms with Crippen molar-refractivity contribution in [3.63, 3.8) is 0 Å². The lowest BCUT2D eigenvalue weighted by molar-refractivity contribution is 0.0704. The lowest BCUT2D eigenvalue weighted by atomic mass is 10.1. The Morgan fingerprint density at radius 2 is 2.21 bits per heavy atom. The molecular formula is C14H21ClN2O2. The van der Waals surface area contributed by atoms with Gasteiger partial charge in [-0.3, -0.25) is 4.79 Å².